The van der Waals surface area contributed by atoms with E-state index in [1.807, 2.05) is 12.1 Å². The van der Waals surface area contributed by atoms with Crippen LogP contribution < -0.4 is 15.5 Å². The van der Waals surface area contributed by atoms with Gasteiger partial charge in [0.15, 0.2) is 0 Å². The molecule has 3 rings (SSSR count). The highest BCUT2D eigenvalue weighted by Gasteiger charge is 2.20. The highest BCUT2D eigenvalue weighted by atomic mass is 16.1. The predicted molar refractivity (Wildman–Crippen MR) is 86.8 cm³/mol. The van der Waals surface area contributed by atoms with Crippen molar-refractivity contribution in [2.24, 2.45) is 0 Å². The molecule has 2 fully saturated rings. The van der Waals surface area contributed by atoms with Gasteiger partial charge in [0.05, 0.1) is 0 Å². The summed E-state index contributed by atoms with van der Waals surface area (Å²) < 4.78 is 0. The number of carbonyl (C=O) groups is 1. The molecule has 4 heteroatoms. The van der Waals surface area contributed by atoms with Crippen LogP contribution in [0.25, 0.3) is 0 Å². The number of piperidine rings is 1. The van der Waals surface area contributed by atoms with Gasteiger partial charge in [-0.25, -0.2) is 0 Å². The van der Waals surface area contributed by atoms with Gasteiger partial charge in [0.25, 0.3) is 0 Å². The fraction of sp³-hybridized carbons (Fsp3) is 0.588. The molecule has 1 heterocycles. The van der Waals surface area contributed by atoms with Crippen LogP contribution in [0.3, 0.4) is 0 Å². The minimum Gasteiger partial charge on any atom is -0.372 e. The summed E-state index contributed by atoms with van der Waals surface area (Å²) in [6.07, 6.45) is 6.99. The van der Waals surface area contributed by atoms with Crippen LogP contribution in [0, 0.1) is 0 Å². The van der Waals surface area contributed by atoms with Gasteiger partial charge >= 0.3 is 0 Å². The lowest BCUT2D eigenvalue weighted by atomic mass is 10.1. The summed E-state index contributed by atoms with van der Waals surface area (Å²) in [7, 11) is 0. The van der Waals surface area contributed by atoms with Crippen LogP contribution in [-0.2, 0) is 4.79 Å². The van der Waals surface area contributed by atoms with E-state index >= 15 is 0 Å². The van der Waals surface area contributed by atoms with Gasteiger partial charge < -0.3 is 15.5 Å². The number of nitrogens with zero attached hydrogens (tertiary/aromatic N) is 1. The van der Waals surface area contributed by atoms with E-state index in [9.17, 15) is 4.79 Å². The third kappa shape index (κ3) is 4.46. The zero-order valence-corrected chi connectivity index (χ0v) is 12.6. The molecule has 1 aliphatic carbocycles. The van der Waals surface area contributed by atoms with E-state index in [-0.39, 0.29) is 5.91 Å². The van der Waals surface area contributed by atoms with Gasteiger partial charge in [-0.15, -0.1) is 0 Å². The van der Waals surface area contributed by atoms with E-state index in [4.69, 9.17) is 0 Å². The average Bonchev–Trinajstić information content (AvgIpc) is 3.33. The van der Waals surface area contributed by atoms with Gasteiger partial charge in [0, 0.05) is 43.5 Å². The Morgan fingerprint density at radius 3 is 2.48 bits per heavy atom. The van der Waals surface area contributed by atoms with Crippen LogP contribution >= 0.6 is 0 Å². The number of hydrogen-bond donors (Lipinski definition) is 2. The summed E-state index contributed by atoms with van der Waals surface area (Å²) in [5.41, 5.74) is 2.16. The monoisotopic (exact) mass is 287 g/mol. The van der Waals surface area contributed by atoms with E-state index in [0.717, 1.165) is 25.3 Å². The van der Waals surface area contributed by atoms with E-state index < -0.39 is 0 Å². The topological polar surface area (TPSA) is 44.4 Å². The van der Waals surface area contributed by atoms with Gasteiger partial charge in [0.2, 0.25) is 5.91 Å². The van der Waals surface area contributed by atoms with Crippen molar-refractivity contribution in [3.8, 4) is 0 Å². The Balaban J connectivity index is 1.45. The first kappa shape index (κ1) is 14.4. The summed E-state index contributed by atoms with van der Waals surface area (Å²) >= 11 is 0. The summed E-state index contributed by atoms with van der Waals surface area (Å²) in [5, 5.41) is 6.33. The number of hydrogen-bond acceptors (Lipinski definition) is 3. The predicted octanol–water partition coefficient (Wildman–Crippen LogP) is 2.76. The quantitative estimate of drug-likeness (QED) is 0.845. The van der Waals surface area contributed by atoms with Crippen molar-refractivity contribution in [1.29, 1.82) is 0 Å². The molecule has 1 aliphatic heterocycles. The third-order valence-corrected chi connectivity index (χ3v) is 4.23. The van der Waals surface area contributed by atoms with Gasteiger partial charge in [-0.1, -0.05) is 0 Å². The van der Waals surface area contributed by atoms with Gasteiger partial charge in [-0.05, 0) is 56.4 Å². The molecule has 2 N–H and O–H groups in total. The molecule has 1 amide bonds. The van der Waals surface area contributed by atoms with Crippen molar-refractivity contribution >= 4 is 17.3 Å². The Morgan fingerprint density at radius 1 is 1.10 bits per heavy atom. The number of rotatable bonds is 6. The molecular weight excluding hydrogens is 262 g/mol. The lowest BCUT2D eigenvalue weighted by Gasteiger charge is -2.28. The largest absolute Gasteiger partial charge is 0.372 e. The molecule has 1 saturated carbocycles. The smallest absolute Gasteiger partial charge is 0.225 e. The van der Waals surface area contributed by atoms with Gasteiger partial charge in [-0.2, -0.15) is 0 Å². The second-order valence-corrected chi connectivity index (χ2v) is 6.12. The Labute approximate surface area is 126 Å². The lowest BCUT2D eigenvalue weighted by Crippen LogP contribution is -2.29. The van der Waals surface area contributed by atoms with Crippen LogP contribution in [0.2, 0.25) is 0 Å². The summed E-state index contributed by atoms with van der Waals surface area (Å²) in [5.74, 6) is 0.0915. The minimum atomic E-state index is 0.0915. The zero-order valence-electron chi connectivity index (χ0n) is 12.6. The fourth-order valence-corrected chi connectivity index (χ4v) is 2.81. The molecule has 114 valence electrons. The SMILES string of the molecule is O=C(CCNC1CC1)Nc1ccc(N2CCCCC2)cc1. The van der Waals surface area contributed by atoms with Crippen molar-refractivity contribution in [2.75, 3.05) is 29.9 Å². The van der Waals surface area contributed by atoms with Crippen molar-refractivity contribution in [2.45, 2.75) is 44.6 Å². The first-order valence-electron chi connectivity index (χ1n) is 8.19. The maximum Gasteiger partial charge on any atom is 0.225 e. The number of amides is 1. The molecule has 0 bridgehead atoms. The Bertz CT molecular complexity index is 461. The Morgan fingerprint density at radius 2 is 1.81 bits per heavy atom. The van der Waals surface area contributed by atoms with Gasteiger partial charge in [0.1, 0.15) is 0 Å². The van der Waals surface area contributed by atoms with Crippen LogP contribution in [0.1, 0.15) is 38.5 Å². The summed E-state index contributed by atoms with van der Waals surface area (Å²) in [6, 6.07) is 8.92. The van der Waals surface area contributed by atoms with Crippen LogP contribution in [-0.4, -0.2) is 31.6 Å². The fourth-order valence-electron chi connectivity index (χ4n) is 2.81. The number of nitrogens with one attached hydrogen (secondary N) is 2. The normalized spacial score (nSPS) is 18.6. The van der Waals surface area contributed by atoms with Crippen LogP contribution in [0.5, 0.6) is 0 Å². The molecule has 2 aliphatic rings. The molecule has 0 atom stereocenters. The molecular formula is C17H25N3O. The number of carbonyl (C=O) groups excluding carboxylic acids is 1. The standard InChI is InChI=1S/C17H25N3O/c21-17(10-11-18-14-4-5-14)19-15-6-8-16(9-7-15)20-12-2-1-3-13-20/h6-9,14,18H,1-5,10-13H2,(H,19,21). The van der Waals surface area contributed by atoms with Crippen molar-refractivity contribution in [3.05, 3.63) is 24.3 Å². The second kappa shape index (κ2) is 6.94. The van der Waals surface area contributed by atoms with Gasteiger partial charge in [-0.3, -0.25) is 4.79 Å². The number of benzene rings is 1. The Kier molecular flexibility index (Phi) is 4.76. The first-order valence-corrected chi connectivity index (χ1v) is 8.19. The summed E-state index contributed by atoms with van der Waals surface area (Å²) in [4.78, 5) is 14.3. The van der Waals surface area contributed by atoms with Crippen molar-refractivity contribution < 1.29 is 4.79 Å². The molecule has 0 spiro atoms. The third-order valence-electron chi connectivity index (χ3n) is 4.23. The molecule has 4 nitrogen and oxygen atoms in total. The van der Waals surface area contributed by atoms with Crippen molar-refractivity contribution in [1.82, 2.24) is 5.32 Å². The highest BCUT2D eigenvalue weighted by molar-refractivity contribution is 5.91. The van der Waals surface area contributed by atoms with E-state index in [1.165, 1.54) is 37.8 Å². The second-order valence-electron chi connectivity index (χ2n) is 6.12. The van der Waals surface area contributed by atoms with Crippen molar-refractivity contribution in [3.63, 3.8) is 0 Å². The van der Waals surface area contributed by atoms with E-state index in [1.54, 1.807) is 0 Å². The molecule has 1 saturated heterocycles. The molecule has 0 radical (unpaired) electrons. The Hall–Kier alpha value is -1.55. The minimum absolute atomic E-state index is 0.0915. The average molecular weight is 287 g/mol. The zero-order chi connectivity index (χ0) is 14.5. The maximum atomic E-state index is 11.8. The lowest BCUT2D eigenvalue weighted by molar-refractivity contribution is -0.116. The molecule has 21 heavy (non-hydrogen) atoms. The maximum absolute atomic E-state index is 11.8. The molecule has 1 aromatic carbocycles. The first-order chi connectivity index (χ1) is 10.3. The molecule has 0 unspecified atom stereocenters. The molecule has 0 aromatic heterocycles. The molecule has 1 aromatic rings. The van der Waals surface area contributed by atoms with E-state index in [0.29, 0.717) is 12.5 Å². The highest BCUT2D eigenvalue weighted by Crippen LogP contribution is 2.22. The number of anilines is 2. The summed E-state index contributed by atoms with van der Waals surface area (Å²) in [6.45, 7) is 3.08. The van der Waals surface area contributed by atoms with Crippen LogP contribution in [0.15, 0.2) is 24.3 Å². The van der Waals surface area contributed by atoms with E-state index in [2.05, 4.69) is 27.7 Å². The van der Waals surface area contributed by atoms with Crippen LogP contribution in [0.4, 0.5) is 11.4 Å².